The molecule has 0 aromatic carbocycles. The lowest BCUT2D eigenvalue weighted by Crippen LogP contribution is -2.65. The Labute approximate surface area is 118 Å². The second-order valence-corrected chi connectivity index (χ2v) is 5.68. The summed E-state index contributed by atoms with van der Waals surface area (Å²) < 4.78 is 11.1. The van der Waals surface area contributed by atoms with Crippen molar-refractivity contribution < 1.29 is 9.47 Å². The van der Waals surface area contributed by atoms with E-state index in [1.54, 1.807) is 0 Å². The molecule has 2 aliphatic rings. The maximum atomic E-state index is 5.55. The second kappa shape index (κ2) is 7.58. The van der Waals surface area contributed by atoms with Crippen LogP contribution in [0.2, 0.25) is 0 Å². The molecule has 0 aromatic heterocycles. The van der Waals surface area contributed by atoms with Gasteiger partial charge in [-0.15, -0.1) is 0 Å². The van der Waals surface area contributed by atoms with Crippen LogP contribution in [0, 0.1) is 0 Å². The lowest BCUT2D eigenvalue weighted by atomic mass is 9.92. The molecule has 0 aliphatic carbocycles. The zero-order valence-corrected chi connectivity index (χ0v) is 12.7. The summed E-state index contributed by atoms with van der Waals surface area (Å²) in [5.41, 5.74) is 0.247. The van der Waals surface area contributed by atoms with E-state index in [1.807, 2.05) is 0 Å². The van der Waals surface area contributed by atoms with Gasteiger partial charge in [0.25, 0.3) is 0 Å². The Kier molecular flexibility index (Phi) is 6.07. The van der Waals surface area contributed by atoms with E-state index >= 15 is 0 Å². The van der Waals surface area contributed by atoms with Crippen molar-refractivity contribution in [1.82, 2.24) is 9.80 Å². The van der Waals surface area contributed by atoms with Crippen LogP contribution >= 0.6 is 0 Å². The quantitative estimate of drug-likeness (QED) is 0.736. The third-order valence-corrected chi connectivity index (χ3v) is 4.50. The molecule has 2 rings (SSSR count). The Bertz CT molecular complexity index is 223. The first-order valence-electron chi connectivity index (χ1n) is 7.99. The summed E-state index contributed by atoms with van der Waals surface area (Å²) in [6.45, 7) is 12.5. The average molecular weight is 270 g/mol. The molecule has 4 heteroatoms. The van der Waals surface area contributed by atoms with Crippen LogP contribution in [-0.4, -0.2) is 68.1 Å². The minimum atomic E-state index is 0.247. The van der Waals surface area contributed by atoms with Crippen molar-refractivity contribution in [3.63, 3.8) is 0 Å². The summed E-state index contributed by atoms with van der Waals surface area (Å²) in [5, 5.41) is 0. The molecule has 112 valence electrons. The largest absolute Gasteiger partial charge is 0.379 e. The van der Waals surface area contributed by atoms with Gasteiger partial charge in [-0.1, -0.05) is 26.7 Å². The molecule has 4 nitrogen and oxygen atoms in total. The van der Waals surface area contributed by atoms with Crippen molar-refractivity contribution >= 4 is 0 Å². The molecular formula is C15H30N2O2. The van der Waals surface area contributed by atoms with Crippen LogP contribution < -0.4 is 0 Å². The standard InChI is InChI=1S/C15H30N2O2/c1-3-5-15(6-4-2,16-7-11-18-12-8-16)17-9-13-19-14-10-17/h3-14H2,1-2H3. The van der Waals surface area contributed by atoms with Crippen molar-refractivity contribution in [2.75, 3.05) is 52.6 Å². The van der Waals surface area contributed by atoms with Gasteiger partial charge in [0.2, 0.25) is 0 Å². The van der Waals surface area contributed by atoms with Gasteiger partial charge in [-0.25, -0.2) is 0 Å². The summed E-state index contributed by atoms with van der Waals surface area (Å²) in [6, 6.07) is 0. The number of rotatable bonds is 6. The Morgan fingerprint density at radius 3 is 1.42 bits per heavy atom. The van der Waals surface area contributed by atoms with Gasteiger partial charge in [0.05, 0.1) is 32.1 Å². The lowest BCUT2D eigenvalue weighted by Gasteiger charge is -2.53. The van der Waals surface area contributed by atoms with Gasteiger partial charge in [-0.2, -0.15) is 0 Å². The highest BCUT2D eigenvalue weighted by Crippen LogP contribution is 2.32. The number of ether oxygens (including phenoxy) is 2. The van der Waals surface area contributed by atoms with E-state index in [1.165, 1.54) is 25.7 Å². The molecule has 19 heavy (non-hydrogen) atoms. The van der Waals surface area contributed by atoms with E-state index in [9.17, 15) is 0 Å². The number of nitrogens with zero attached hydrogens (tertiary/aromatic N) is 2. The topological polar surface area (TPSA) is 24.9 Å². The maximum Gasteiger partial charge on any atom is 0.0740 e. The molecule has 0 N–H and O–H groups in total. The van der Waals surface area contributed by atoms with E-state index in [4.69, 9.17) is 9.47 Å². The third kappa shape index (κ3) is 3.48. The van der Waals surface area contributed by atoms with Gasteiger partial charge in [-0.3, -0.25) is 9.80 Å². The van der Waals surface area contributed by atoms with Gasteiger partial charge in [0.1, 0.15) is 0 Å². The normalized spacial score (nSPS) is 23.7. The van der Waals surface area contributed by atoms with Crippen LogP contribution in [-0.2, 0) is 9.47 Å². The fourth-order valence-electron chi connectivity index (χ4n) is 3.72. The fraction of sp³-hybridized carbons (Fsp3) is 1.00. The average Bonchev–Trinajstić information content (AvgIpc) is 2.49. The van der Waals surface area contributed by atoms with E-state index in [0.29, 0.717) is 0 Å². The van der Waals surface area contributed by atoms with Gasteiger partial charge in [0.15, 0.2) is 0 Å². The molecular weight excluding hydrogens is 240 g/mol. The molecule has 2 saturated heterocycles. The van der Waals surface area contributed by atoms with Crippen molar-refractivity contribution in [1.29, 1.82) is 0 Å². The summed E-state index contributed by atoms with van der Waals surface area (Å²) in [6.07, 6.45) is 5.02. The molecule has 0 radical (unpaired) electrons. The van der Waals surface area contributed by atoms with Crippen LogP contribution in [0.4, 0.5) is 0 Å². The molecule has 0 spiro atoms. The highest BCUT2D eigenvalue weighted by molar-refractivity contribution is 4.92. The lowest BCUT2D eigenvalue weighted by molar-refractivity contribution is -0.136. The minimum Gasteiger partial charge on any atom is -0.379 e. The molecule has 0 amide bonds. The summed E-state index contributed by atoms with van der Waals surface area (Å²) in [5.74, 6) is 0. The van der Waals surface area contributed by atoms with Crippen LogP contribution in [0.15, 0.2) is 0 Å². The Balaban J connectivity index is 2.16. The van der Waals surface area contributed by atoms with Crippen LogP contribution in [0.1, 0.15) is 39.5 Å². The van der Waals surface area contributed by atoms with E-state index in [-0.39, 0.29) is 5.66 Å². The summed E-state index contributed by atoms with van der Waals surface area (Å²) >= 11 is 0. The SMILES string of the molecule is CCCC(CCC)(N1CCOCC1)N1CCOCC1. The van der Waals surface area contributed by atoms with Gasteiger partial charge in [0, 0.05) is 26.2 Å². The van der Waals surface area contributed by atoms with Crippen molar-refractivity contribution in [3.8, 4) is 0 Å². The molecule has 0 saturated carbocycles. The highest BCUT2D eigenvalue weighted by atomic mass is 16.5. The molecule has 2 fully saturated rings. The zero-order chi connectivity index (χ0) is 13.6. The van der Waals surface area contributed by atoms with Crippen molar-refractivity contribution in [2.45, 2.75) is 45.2 Å². The van der Waals surface area contributed by atoms with Crippen LogP contribution in [0.25, 0.3) is 0 Å². The maximum absolute atomic E-state index is 5.55. The van der Waals surface area contributed by atoms with E-state index < -0.39 is 0 Å². The van der Waals surface area contributed by atoms with Gasteiger partial charge in [-0.05, 0) is 12.8 Å². The first kappa shape index (κ1) is 15.2. The summed E-state index contributed by atoms with van der Waals surface area (Å²) in [7, 11) is 0. The second-order valence-electron chi connectivity index (χ2n) is 5.68. The van der Waals surface area contributed by atoms with E-state index in [0.717, 1.165) is 52.6 Å². The van der Waals surface area contributed by atoms with Crippen LogP contribution in [0.3, 0.4) is 0 Å². The highest BCUT2D eigenvalue weighted by Gasteiger charge is 2.41. The molecule has 0 aromatic rings. The first-order valence-corrected chi connectivity index (χ1v) is 7.99. The molecule has 2 aliphatic heterocycles. The summed E-state index contributed by atoms with van der Waals surface area (Å²) in [4.78, 5) is 5.38. The van der Waals surface area contributed by atoms with Crippen LogP contribution in [0.5, 0.6) is 0 Å². The fourth-order valence-corrected chi connectivity index (χ4v) is 3.72. The Morgan fingerprint density at radius 2 is 1.11 bits per heavy atom. The Morgan fingerprint density at radius 1 is 0.737 bits per heavy atom. The van der Waals surface area contributed by atoms with Crippen molar-refractivity contribution in [2.24, 2.45) is 0 Å². The minimum absolute atomic E-state index is 0.247. The van der Waals surface area contributed by atoms with E-state index in [2.05, 4.69) is 23.6 Å². The number of hydrogen-bond donors (Lipinski definition) is 0. The zero-order valence-electron chi connectivity index (χ0n) is 12.7. The molecule has 0 bridgehead atoms. The molecule has 0 unspecified atom stereocenters. The van der Waals surface area contributed by atoms with Gasteiger partial charge < -0.3 is 9.47 Å². The predicted molar refractivity (Wildman–Crippen MR) is 77.3 cm³/mol. The number of morpholine rings is 2. The molecule has 2 heterocycles. The Hall–Kier alpha value is -0.160. The molecule has 0 atom stereocenters. The predicted octanol–water partition coefficient (Wildman–Crippen LogP) is 1.95. The van der Waals surface area contributed by atoms with Crippen molar-refractivity contribution in [3.05, 3.63) is 0 Å². The first-order chi connectivity index (χ1) is 9.33. The monoisotopic (exact) mass is 270 g/mol. The number of hydrogen-bond acceptors (Lipinski definition) is 4. The third-order valence-electron chi connectivity index (χ3n) is 4.50. The van der Waals surface area contributed by atoms with Gasteiger partial charge >= 0.3 is 0 Å². The smallest absolute Gasteiger partial charge is 0.0740 e.